The van der Waals surface area contributed by atoms with Gasteiger partial charge in [0.25, 0.3) is 0 Å². The quantitative estimate of drug-likeness (QED) is 0.832. The van der Waals surface area contributed by atoms with E-state index in [9.17, 15) is 0 Å². The molecule has 1 nitrogen and oxygen atoms in total. The second-order valence-corrected chi connectivity index (χ2v) is 6.23. The van der Waals surface area contributed by atoms with Gasteiger partial charge in [0.05, 0.1) is 4.34 Å². The first-order chi connectivity index (χ1) is 7.65. The molecule has 0 amide bonds. The van der Waals surface area contributed by atoms with Crippen molar-refractivity contribution in [2.24, 2.45) is 0 Å². The molecule has 1 aromatic carbocycles. The third-order valence-electron chi connectivity index (χ3n) is 2.27. The summed E-state index contributed by atoms with van der Waals surface area (Å²) in [7, 11) is 0. The van der Waals surface area contributed by atoms with Crippen LogP contribution in [0.15, 0.2) is 34.8 Å². The second kappa shape index (κ2) is 5.21. The number of hydrogen-bond acceptors (Lipinski definition) is 2. The minimum Gasteiger partial charge on any atom is -0.380 e. The highest BCUT2D eigenvalue weighted by Gasteiger charge is 2.00. The maximum Gasteiger partial charge on any atom is 0.0931 e. The molecule has 0 spiro atoms. The van der Waals surface area contributed by atoms with Crippen molar-refractivity contribution >= 4 is 44.6 Å². The minimum atomic E-state index is 0.819. The van der Waals surface area contributed by atoms with Gasteiger partial charge in [-0.25, -0.2) is 0 Å². The van der Waals surface area contributed by atoms with E-state index in [0.717, 1.165) is 21.0 Å². The standard InChI is InChI=1S/C12H11BrClNS/c1-8-6-9(13)2-4-11(8)15-7-10-3-5-12(14)16-10/h2-6,15H,7H2,1H3. The smallest absolute Gasteiger partial charge is 0.0931 e. The van der Waals surface area contributed by atoms with Crippen molar-refractivity contribution in [1.29, 1.82) is 0 Å². The van der Waals surface area contributed by atoms with Crippen molar-refractivity contribution in [3.05, 3.63) is 49.6 Å². The molecule has 0 saturated carbocycles. The Morgan fingerprint density at radius 3 is 2.75 bits per heavy atom. The van der Waals surface area contributed by atoms with E-state index in [-0.39, 0.29) is 0 Å². The number of aryl methyl sites for hydroxylation is 1. The third kappa shape index (κ3) is 3.00. The molecule has 16 heavy (non-hydrogen) atoms. The van der Waals surface area contributed by atoms with Crippen LogP contribution in [-0.2, 0) is 6.54 Å². The zero-order chi connectivity index (χ0) is 11.5. The van der Waals surface area contributed by atoms with Gasteiger partial charge in [-0.15, -0.1) is 11.3 Å². The molecular formula is C12H11BrClNS. The summed E-state index contributed by atoms with van der Waals surface area (Å²) < 4.78 is 1.94. The van der Waals surface area contributed by atoms with Crippen LogP contribution in [0.25, 0.3) is 0 Å². The lowest BCUT2D eigenvalue weighted by molar-refractivity contribution is 1.18. The van der Waals surface area contributed by atoms with E-state index in [4.69, 9.17) is 11.6 Å². The molecule has 1 N–H and O–H groups in total. The van der Waals surface area contributed by atoms with E-state index < -0.39 is 0 Å². The molecular weight excluding hydrogens is 306 g/mol. The first-order valence-electron chi connectivity index (χ1n) is 4.89. The van der Waals surface area contributed by atoms with Crippen LogP contribution in [-0.4, -0.2) is 0 Å². The van der Waals surface area contributed by atoms with E-state index in [1.165, 1.54) is 10.4 Å². The monoisotopic (exact) mass is 315 g/mol. The highest BCUT2D eigenvalue weighted by molar-refractivity contribution is 9.10. The predicted octanol–water partition coefficient (Wildman–Crippen LogP) is 5.08. The zero-order valence-corrected chi connectivity index (χ0v) is 11.9. The normalized spacial score (nSPS) is 10.4. The average molecular weight is 317 g/mol. The summed E-state index contributed by atoms with van der Waals surface area (Å²) in [6, 6.07) is 10.2. The van der Waals surface area contributed by atoms with Crippen molar-refractivity contribution in [3.8, 4) is 0 Å². The molecule has 0 aliphatic rings. The molecule has 84 valence electrons. The number of nitrogens with one attached hydrogen (secondary N) is 1. The molecule has 2 rings (SSSR count). The first kappa shape index (κ1) is 12.0. The molecule has 4 heteroatoms. The fourth-order valence-electron chi connectivity index (χ4n) is 1.45. The molecule has 0 atom stereocenters. The Balaban J connectivity index is 2.04. The van der Waals surface area contributed by atoms with Crippen molar-refractivity contribution in [2.45, 2.75) is 13.5 Å². The maximum absolute atomic E-state index is 5.88. The Morgan fingerprint density at radius 1 is 1.31 bits per heavy atom. The average Bonchev–Trinajstić information content (AvgIpc) is 2.63. The zero-order valence-electron chi connectivity index (χ0n) is 8.76. The Labute approximate surface area is 113 Å². The fourth-order valence-corrected chi connectivity index (χ4v) is 2.96. The Morgan fingerprint density at radius 2 is 2.12 bits per heavy atom. The topological polar surface area (TPSA) is 12.0 Å². The molecule has 0 radical (unpaired) electrons. The van der Waals surface area contributed by atoms with Gasteiger partial charge in [0.1, 0.15) is 0 Å². The second-order valence-electron chi connectivity index (χ2n) is 3.52. The summed E-state index contributed by atoms with van der Waals surface area (Å²) in [4.78, 5) is 1.24. The van der Waals surface area contributed by atoms with E-state index in [2.05, 4.69) is 40.3 Å². The summed E-state index contributed by atoms with van der Waals surface area (Å²) in [5.41, 5.74) is 2.39. The highest BCUT2D eigenvalue weighted by Crippen LogP contribution is 2.24. The van der Waals surface area contributed by atoms with Crippen LogP contribution in [0.5, 0.6) is 0 Å². The molecule has 2 aromatic rings. The Bertz CT molecular complexity index is 496. The van der Waals surface area contributed by atoms with Crippen molar-refractivity contribution in [2.75, 3.05) is 5.32 Å². The van der Waals surface area contributed by atoms with Gasteiger partial charge >= 0.3 is 0 Å². The molecule has 0 aliphatic heterocycles. The number of hydrogen-bond donors (Lipinski definition) is 1. The molecule has 0 saturated heterocycles. The van der Waals surface area contributed by atoms with Gasteiger partial charge in [0.2, 0.25) is 0 Å². The molecule has 0 bridgehead atoms. The first-order valence-corrected chi connectivity index (χ1v) is 6.88. The van der Waals surface area contributed by atoms with E-state index >= 15 is 0 Å². The summed E-state index contributed by atoms with van der Waals surface area (Å²) >= 11 is 10.9. The van der Waals surface area contributed by atoms with Gasteiger partial charge in [0.15, 0.2) is 0 Å². The minimum absolute atomic E-state index is 0.819. The van der Waals surface area contributed by atoms with Crippen LogP contribution in [0.4, 0.5) is 5.69 Å². The summed E-state index contributed by atoms with van der Waals surface area (Å²) in [5, 5.41) is 3.40. The summed E-state index contributed by atoms with van der Waals surface area (Å²) in [6.45, 7) is 2.91. The van der Waals surface area contributed by atoms with Gasteiger partial charge in [-0.3, -0.25) is 0 Å². The maximum atomic E-state index is 5.88. The predicted molar refractivity (Wildman–Crippen MR) is 75.5 cm³/mol. The molecule has 0 aliphatic carbocycles. The summed E-state index contributed by atoms with van der Waals surface area (Å²) in [6.07, 6.45) is 0. The van der Waals surface area contributed by atoms with Gasteiger partial charge in [-0.05, 0) is 42.8 Å². The Hall–Kier alpha value is -0.510. The number of rotatable bonds is 3. The van der Waals surface area contributed by atoms with Crippen LogP contribution in [0.1, 0.15) is 10.4 Å². The van der Waals surface area contributed by atoms with Gasteiger partial charge in [-0.2, -0.15) is 0 Å². The van der Waals surface area contributed by atoms with Crippen LogP contribution in [0.2, 0.25) is 4.34 Å². The third-order valence-corrected chi connectivity index (χ3v) is 3.99. The molecule has 1 aromatic heterocycles. The SMILES string of the molecule is Cc1cc(Br)ccc1NCc1ccc(Cl)s1. The van der Waals surface area contributed by atoms with Crippen LogP contribution >= 0.6 is 38.9 Å². The van der Waals surface area contributed by atoms with E-state index in [1.54, 1.807) is 11.3 Å². The molecule has 0 unspecified atom stereocenters. The van der Waals surface area contributed by atoms with Crippen LogP contribution in [0.3, 0.4) is 0 Å². The molecule has 0 fully saturated rings. The van der Waals surface area contributed by atoms with E-state index in [0.29, 0.717) is 0 Å². The van der Waals surface area contributed by atoms with Gasteiger partial charge in [0, 0.05) is 21.6 Å². The molecule has 1 heterocycles. The largest absolute Gasteiger partial charge is 0.380 e. The number of halogens is 2. The summed E-state index contributed by atoms with van der Waals surface area (Å²) in [5.74, 6) is 0. The number of anilines is 1. The lowest BCUT2D eigenvalue weighted by Gasteiger charge is -2.08. The number of benzene rings is 1. The van der Waals surface area contributed by atoms with Crippen molar-refractivity contribution in [3.63, 3.8) is 0 Å². The lowest BCUT2D eigenvalue weighted by atomic mass is 10.2. The number of thiophene rings is 1. The van der Waals surface area contributed by atoms with Crippen molar-refractivity contribution < 1.29 is 0 Å². The van der Waals surface area contributed by atoms with Gasteiger partial charge in [-0.1, -0.05) is 27.5 Å². The lowest BCUT2D eigenvalue weighted by Crippen LogP contribution is -1.98. The highest BCUT2D eigenvalue weighted by atomic mass is 79.9. The van der Waals surface area contributed by atoms with E-state index in [1.807, 2.05) is 18.2 Å². The Kier molecular flexibility index (Phi) is 3.90. The van der Waals surface area contributed by atoms with Crippen LogP contribution < -0.4 is 5.32 Å². The van der Waals surface area contributed by atoms with Crippen molar-refractivity contribution in [1.82, 2.24) is 0 Å². The van der Waals surface area contributed by atoms with Crippen LogP contribution in [0, 0.1) is 6.92 Å². The fraction of sp³-hybridized carbons (Fsp3) is 0.167. The van der Waals surface area contributed by atoms with Gasteiger partial charge < -0.3 is 5.32 Å².